The molecule has 158 valence electrons. The van der Waals surface area contributed by atoms with Crippen molar-refractivity contribution in [1.82, 2.24) is 14.8 Å². The van der Waals surface area contributed by atoms with Gasteiger partial charge in [-0.2, -0.15) is 0 Å². The number of nitrogens with one attached hydrogen (secondary N) is 1. The molecular formula is C22H23F3N4O. The van der Waals surface area contributed by atoms with Gasteiger partial charge in [-0.3, -0.25) is 4.79 Å². The Morgan fingerprint density at radius 2 is 2.07 bits per heavy atom. The molecule has 1 N–H and O–H groups in total. The Kier molecular flexibility index (Phi) is 5.49. The molecule has 2 aliphatic carbocycles. The van der Waals surface area contributed by atoms with Gasteiger partial charge in [-0.25, -0.2) is 22.8 Å². The highest BCUT2D eigenvalue weighted by atomic mass is 19.3. The van der Waals surface area contributed by atoms with Crippen LogP contribution in [-0.2, 0) is 11.3 Å². The molecule has 5 nitrogen and oxygen atoms in total. The summed E-state index contributed by atoms with van der Waals surface area (Å²) >= 11 is 0. The van der Waals surface area contributed by atoms with Crippen LogP contribution in [0.2, 0.25) is 0 Å². The van der Waals surface area contributed by atoms with E-state index in [1.165, 1.54) is 28.9 Å². The number of allylic oxidation sites excluding steroid dienone is 4. The first-order valence-electron chi connectivity index (χ1n) is 9.98. The van der Waals surface area contributed by atoms with Crippen molar-refractivity contribution in [1.29, 1.82) is 0 Å². The largest absolute Gasteiger partial charge is 0.326 e. The molecule has 1 amide bonds. The summed E-state index contributed by atoms with van der Waals surface area (Å²) in [6.45, 7) is 2.07. The van der Waals surface area contributed by atoms with Crippen molar-refractivity contribution in [2.75, 3.05) is 5.32 Å². The van der Waals surface area contributed by atoms with E-state index in [2.05, 4.69) is 27.6 Å². The van der Waals surface area contributed by atoms with Crippen molar-refractivity contribution in [3.05, 3.63) is 66.0 Å². The third-order valence-electron chi connectivity index (χ3n) is 6.12. The number of hydrogen-bond acceptors (Lipinski definition) is 3. The van der Waals surface area contributed by atoms with Crippen molar-refractivity contribution in [2.45, 2.75) is 39.2 Å². The SMILES string of the molecule is Cc1nc(C(F)F)nn1CC[C@@]1(C2C=CC=CC2)C[C@H]1C(=O)Nc1ccc(F)cc1. The molecule has 1 unspecified atom stereocenters. The summed E-state index contributed by atoms with van der Waals surface area (Å²) in [5.41, 5.74) is 0.282. The monoisotopic (exact) mass is 416 g/mol. The Hall–Kier alpha value is -2.90. The first kappa shape index (κ1) is 20.4. The van der Waals surface area contributed by atoms with Crippen LogP contribution < -0.4 is 5.32 Å². The molecule has 1 aromatic carbocycles. The summed E-state index contributed by atoms with van der Waals surface area (Å²) in [6, 6.07) is 5.67. The molecule has 30 heavy (non-hydrogen) atoms. The molecule has 0 radical (unpaired) electrons. The Morgan fingerprint density at radius 1 is 1.30 bits per heavy atom. The molecule has 0 saturated heterocycles. The Labute approximate surface area is 172 Å². The van der Waals surface area contributed by atoms with E-state index in [1.807, 2.05) is 12.2 Å². The standard InChI is InChI=1S/C22H23F3N4O/c1-14-26-20(19(24)25)28-29(14)12-11-22(15-5-3-2-4-6-15)13-18(22)21(30)27-17-9-7-16(23)8-10-17/h2-5,7-10,15,18-19H,6,11-13H2,1H3,(H,27,30)/t15?,18-,22-/m0/s1. The lowest BCUT2D eigenvalue weighted by molar-refractivity contribution is -0.118. The van der Waals surface area contributed by atoms with E-state index >= 15 is 0 Å². The molecule has 3 atom stereocenters. The van der Waals surface area contributed by atoms with Gasteiger partial charge in [0.05, 0.1) is 0 Å². The normalized spacial score (nSPS) is 25.0. The second-order valence-electron chi connectivity index (χ2n) is 7.93. The van der Waals surface area contributed by atoms with Gasteiger partial charge in [0, 0.05) is 18.2 Å². The lowest BCUT2D eigenvalue weighted by atomic mass is 9.79. The number of aryl methyl sites for hydroxylation is 2. The van der Waals surface area contributed by atoms with Crippen molar-refractivity contribution in [2.24, 2.45) is 17.3 Å². The first-order chi connectivity index (χ1) is 14.4. The van der Waals surface area contributed by atoms with E-state index in [0.717, 1.165) is 6.42 Å². The van der Waals surface area contributed by atoms with Crippen molar-refractivity contribution < 1.29 is 18.0 Å². The fraction of sp³-hybridized carbons (Fsp3) is 0.409. The van der Waals surface area contributed by atoms with E-state index in [9.17, 15) is 18.0 Å². The molecule has 2 aliphatic rings. The Bertz CT molecular complexity index is 983. The van der Waals surface area contributed by atoms with Crippen LogP contribution in [0.25, 0.3) is 0 Å². The maximum atomic E-state index is 13.1. The topological polar surface area (TPSA) is 59.8 Å². The molecule has 1 saturated carbocycles. The van der Waals surface area contributed by atoms with Gasteiger partial charge in [-0.05, 0) is 61.8 Å². The second-order valence-corrected chi connectivity index (χ2v) is 7.93. The van der Waals surface area contributed by atoms with Crippen LogP contribution in [0.3, 0.4) is 0 Å². The number of carbonyl (C=O) groups excluding carboxylic acids is 1. The van der Waals surface area contributed by atoms with E-state index < -0.39 is 12.2 Å². The Balaban J connectivity index is 1.49. The van der Waals surface area contributed by atoms with Crippen LogP contribution in [0.5, 0.6) is 0 Å². The molecule has 1 heterocycles. The van der Waals surface area contributed by atoms with Crippen molar-refractivity contribution in [3.63, 3.8) is 0 Å². The zero-order valence-corrected chi connectivity index (χ0v) is 16.6. The lowest BCUT2D eigenvalue weighted by Gasteiger charge is -2.26. The molecule has 0 spiro atoms. The van der Waals surface area contributed by atoms with Crippen LogP contribution in [0, 0.1) is 30.0 Å². The minimum absolute atomic E-state index is 0.104. The Morgan fingerprint density at radius 3 is 2.70 bits per heavy atom. The average Bonchev–Trinajstić information content (AvgIpc) is 3.37. The predicted molar refractivity (Wildman–Crippen MR) is 106 cm³/mol. The molecule has 2 aromatic rings. The molecular weight excluding hydrogens is 393 g/mol. The van der Waals surface area contributed by atoms with Gasteiger partial charge in [0.15, 0.2) is 0 Å². The summed E-state index contributed by atoms with van der Waals surface area (Å²) in [6.07, 6.45) is 7.62. The quantitative estimate of drug-likeness (QED) is 0.703. The van der Waals surface area contributed by atoms with Gasteiger partial charge in [-0.1, -0.05) is 24.3 Å². The van der Waals surface area contributed by atoms with Crippen molar-refractivity contribution >= 4 is 11.6 Å². The summed E-state index contributed by atoms with van der Waals surface area (Å²) in [4.78, 5) is 16.7. The molecule has 1 fully saturated rings. The minimum atomic E-state index is -2.71. The van der Waals surface area contributed by atoms with Gasteiger partial charge in [0.25, 0.3) is 6.43 Å². The lowest BCUT2D eigenvalue weighted by Crippen LogP contribution is -2.26. The van der Waals surface area contributed by atoms with Gasteiger partial charge in [0.1, 0.15) is 11.6 Å². The van der Waals surface area contributed by atoms with Crippen LogP contribution in [0.1, 0.15) is 37.3 Å². The zero-order valence-electron chi connectivity index (χ0n) is 16.6. The van der Waals surface area contributed by atoms with Crippen LogP contribution >= 0.6 is 0 Å². The molecule has 0 bridgehead atoms. The van der Waals surface area contributed by atoms with Crippen molar-refractivity contribution in [3.8, 4) is 0 Å². The first-order valence-corrected chi connectivity index (χ1v) is 9.98. The molecule has 1 aromatic heterocycles. The summed E-state index contributed by atoms with van der Waals surface area (Å²) in [5, 5.41) is 6.79. The van der Waals surface area contributed by atoms with Crippen LogP contribution in [-0.4, -0.2) is 20.7 Å². The number of amides is 1. The zero-order chi connectivity index (χ0) is 21.3. The average molecular weight is 416 g/mol. The second kappa shape index (κ2) is 8.08. The highest BCUT2D eigenvalue weighted by Crippen LogP contribution is 2.62. The minimum Gasteiger partial charge on any atom is -0.326 e. The molecule has 4 rings (SSSR count). The van der Waals surface area contributed by atoms with E-state index in [1.54, 1.807) is 6.92 Å². The van der Waals surface area contributed by atoms with Crippen LogP contribution in [0.4, 0.5) is 18.9 Å². The van der Waals surface area contributed by atoms with E-state index in [-0.39, 0.29) is 29.0 Å². The summed E-state index contributed by atoms with van der Waals surface area (Å²) in [5.74, 6) is -0.518. The highest BCUT2D eigenvalue weighted by Gasteiger charge is 2.60. The summed E-state index contributed by atoms with van der Waals surface area (Å²) < 4.78 is 40.4. The number of hydrogen-bond donors (Lipinski definition) is 1. The number of halogens is 3. The summed E-state index contributed by atoms with van der Waals surface area (Å²) in [7, 11) is 0. The fourth-order valence-corrected chi connectivity index (χ4v) is 4.38. The fourth-order valence-electron chi connectivity index (χ4n) is 4.38. The number of carbonyl (C=O) groups is 1. The van der Waals surface area contributed by atoms with Gasteiger partial charge < -0.3 is 5.32 Å². The number of rotatable bonds is 7. The number of benzene rings is 1. The van der Waals surface area contributed by atoms with Gasteiger partial charge in [-0.15, -0.1) is 5.10 Å². The molecule has 8 heteroatoms. The number of nitrogens with zero attached hydrogens (tertiary/aromatic N) is 3. The van der Waals surface area contributed by atoms with Gasteiger partial charge in [0.2, 0.25) is 11.7 Å². The molecule has 0 aliphatic heterocycles. The van der Waals surface area contributed by atoms with E-state index in [0.29, 0.717) is 30.9 Å². The van der Waals surface area contributed by atoms with Gasteiger partial charge >= 0.3 is 0 Å². The third kappa shape index (κ3) is 4.04. The van der Waals surface area contributed by atoms with Crippen LogP contribution in [0.15, 0.2) is 48.6 Å². The maximum absolute atomic E-state index is 13.1. The highest BCUT2D eigenvalue weighted by molar-refractivity contribution is 5.95. The van der Waals surface area contributed by atoms with E-state index in [4.69, 9.17) is 0 Å². The predicted octanol–water partition coefficient (Wildman–Crippen LogP) is 4.83. The smallest absolute Gasteiger partial charge is 0.299 e. The number of aromatic nitrogens is 3. The maximum Gasteiger partial charge on any atom is 0.299 e. The number of anilines is 1. The number of alkyl halides is 2. The third-order valence-corrected chi connectivity index (χ3v) is 6.12.